The zero-order valence-corrected chi connectivity index (χ0v) is 16.0. The number of methoxy groups -OCH3 is 2. The van der Waals surface area contributed by atoms with E-state index in [0.717, 1.165) is 10.1 Å². The number of hydrogen-bond acceptors (Lipinski definition) is 6. The Hall–Kier alpha value is -3.29. The number of pyridine rings is 1. The molecule has 0 atom stereocenters. The summed E-state index contributed by atoms with van der Waals surface area (Å²) in [5.74, 6) is 1.25. The van der Waals surface area contributed by atoms with Gasteiger partial charge in [-0.15, -0.1) is 0 Å². The van der Waals surface area contributed by atoms with Crippen molar-refractivity contribution >= 4 is 22.4 Å². The summed E-state index contributed by atoms with van der Waals surface area (Å²) in [4.78, 5) is 29.5. The second-order valence-corrected chi connectivity index (χ2v) is 6.11. The molecule has 0 bridgehead atoms. The number of ether oxygens (including phenoxy) is 2. The molecule has 3 aromatic rings. The number of hydrogen-bond donors (Lipinski definition) is 1. The second kappa shape index (κ2) is 7.14. The first-order chi connectivity index (χ1) is 12.9. The number of aromatic nitrogens is 3. The summed E-state index contributed by atoms with van der Waals surface area (Å²) in [6.45, 7) is 1.98. The first kappa shape index (κ1) is 18.5. The molecule has 0 aliphatic carbocycles. The van der Waals surface area contributed by atoms with Gasteiger partial charge in [0, 0.05) is 26.4 Å². The van der Waals surface area contributed by atoms with Gasteiger partial charge in [-0.3, -0.25) is 13.9 Å². The van der Waals surface area contributed by atoms with Crippen molar-refractivity contribution in [2.75, 3.05) is 19.5 Å². The fraction of sp³-hybridized carbons (Fsp3) is 0.316. The number of nitrogens with zero attached hydrogens (tertiary/aromatic N) is 3. The molecule has 0 spiro atoms. The number of aryl methyl sites for hydroxylation is 2. The van der Waals surface area contributed by atoms with Crippen molar-refractivity contribution in [3.63, 3.8) is 0 Å². The maximum absolute atomic E-state index is 12.9. The van der Waals surface area contributed by atoms with Crippen LogP contribution in [0.3, 0.4) is 0 Å². The van der Waals surface area contributed by atoms with Crippen LogP contribution in [0.1, 0.15) is 12.5 Å². The van der Waals surface area contributed by atoms with Gasteiger partial charge in [0.25, 0.3) is 5.56 Å². The zero-order chi connectivity index (χ0) is 19.7. The van der Waals surface area contributed by atoms with Gasteiger partial charge in [-0.25, -0.2) is 9.78 Å². The molecule has 0 amide bonds. The summed E-state index contributed by atoms with van der Waals surface area (Å²) in [5, 5.41) is 3.65. The Balaban J connectivity index is 2.35. The SMILES string of the molecule is CCc1cnc2c(c1Nc1cc(OC)ccc1OC)c(=O)n(C)c(=O)n2C. The molecule has 1 aromatic carbocycles. The molecule has 27 heavy (non-hydrogen) atoms. The topological polar surface area (TPSA) is 87.4 Å². The Bertz CT molecular complexity index is 1130. The average Bonchev–Trinajstić information content (AvgIpc) is 2.70. The van der Waals surface area contributed by atoms with Crippen LogP contribution in [-0.2, 0) is 20.5 Å². The van der Waals surface area contributed by atoms with Gasteiger partial charge in [0.15, 0.2) is 5.65 Å². The predicted octanol–water partition coefficient (Wildman–Crippen LogP) is 1.96. The molecule has 0 unspecified atom stereocenters. The lowest BCUT2D eigenvalue weighted by atomic mass is 10.1. The Labute approximate surface area is 156 Å². The first-order valence-corrected chi connectivity index (χ1v) is 8.49. The van der Waals surface area contributed by atoms with Crippen molar-refractivity contribution in [3.8, 4) is 11.5 Å². The lowest BCUT2D eigenvalue weighted by molar-refractivity contribution is 0.405. The molecule has 1 N–H and O–H groups in total. The minimum atomic E-state index is -0.422. The highest BCUT2D eigenvalue weighted by Gasteiger charge is 2.18. The maximum Gasteiger partial charge on any atom is 0.332 e. The Morgan fingerprint density at radius 3 is 2.48 bits per heavy atom. The molecule has 0 radical (unpaired) electrons. The van der Waals surface area contributed by atoms with Crippen molar-refractivity contribution in [2.45, 2.75) is 13.3 Å². The van der Waals surface area contributed by atoms with E-state index in [0.29, 0.717) is 40.3 Å². The molecule has 2 aromatic heterocycles. The summed E-state index contributed by atoms with van der Waals surface area (Å²) in [5.41, 5.74) is 1.60. The van der Waals surface area contributed by atoms with E-state index >= 15 is 0 Å². The minimum Gasteiger partial charge on any atom is -0.497 e. The van der Waals surface area contributed by atoms with E-state index < -0.39 is 11.2 Å². The molecule has 0 fully saturated rings. The van der Waals surface area contributed by atoms with Crippen LogP contribution in [-0.4, -0.2) is 28.3 Å². The van der Waals surface area contributed by atoms with Gasteiger partial charge in [-0.2, -0.15) is 0 Å². The average molecular weight is 370 g/mol. The number of anilines is 2. The monoisotopic (exact) mass is 370 g/mol. The molecule has 0 aliphatic rings. The van der Waals surface area contributed by atoms with Gasteiger partial charge in [0.05, 0.1) is 25.6 Å². The van der Waals surface area contributed by atoms with Crippen LogP contribution < -0.4 is 26.0 Å². The Morgan fingerprint density at radius 2 is 1.85 bits per heavy atom. The van der Waals surface area contributed by atoms with Gasteiger partial charge >= 0.3 is 5.69 Å². The molecular formula is C19H22N4O4. The third kappa shape index (κ3) is 3.03. The van der Waals surface area contributed by atoms with Crippen LogP contribution in [0.4, 0.5) is 11.4 Å². The molecule has 0 saturated carbocycles. The van der Waals surface area contributed by atoms with Crippen molar-refractivity contribution < 1.29 is 9.47 Å². The van der Waals surface area contributed by atoms with Crippen LogP contribution in [0.25, 0.3) is 11.0 Å². The van der Waals surface area contributed by atoms with E-state index in [-0.39, 0.29) is 0 Å². The van der Waals surface area contributed by atoms with E-state index in [9.17, 15) is 9.59 Å². The Kier molecular flexibility index (Phi) is 4.89. The number of nitrogens with one attached hydrogen (secondary N) is 1. The van der Waals surface area contributed by atoms with E-state index in [2.05, 4.69) is 10.3 Å². The van der Waals surface area contributed by atoms with Crippen LogP contribution in [0.2, 0.25) is 0 Å². The van der Waals surface area contributed by atoms with Crippen molar-refractivity contribution in [1.82, 2.24) is 14.1 Å². The fourth-order valence-corrected chi connectivity index (χ4v) is 3.02. The summed E-state index contributed by atoms with van der Waals surface area (Å²) in [7, 11) is 6.20. The van der Waals surface area contributed by atoms with Crippen LogP contribution in [0, 0.1) is 0 Å². The quantitative estimate of drug-likeness (QED) is 0.739. The molecule has 0 saturated heterocycles. The first-order valence-electron chi connectivity index (χ1n) is 8.49. The number of benzene rings is 1. The second-order valence-electron chi connectivity index (χ2n) is 6.11. The van der Waals surface area contributed by atoms with E-state index in [1.807, 2.05) is 6.92 Å². The Morgan fingerprint density at radius 1 is 1.11 bits per heavy atom. The molecule has 142 valence electrons. The normalized spacial score (nSPS) is 10.9. The lowest BCUT2D eigenvalue weighted by Crippen LogP contribution is -2.37. The van der Waals surface area contributed by atoms with Gasteiger partial charge in [0.1, 0.15) is 16.9 Å². The molecule has 8 heteroatoms. The summed E-state index contributed by atoms with van der Waals surface area (Å²) in [6, 6.07) is 5.36. The van der Waals surface area contributed by atoms with Crippen LogP contribution in [0.15, 0.2) is 34.0 Å². The highest BCUT2D eigenvalue weighted by Crippen LogP contribution is 2.34. The smallest absolute Gasteiger partial charge is 0.332 e. The van der Waals surface area contributed by atoms with E-state index in [1.54, 1.807) is 45.7 Å². The summed E-state index contributed by atoms with van der Waals surface area (Å²) in [6.07, 6.45) is 2.33. The molecule has 3 rings (SSSR count). The summed E-state index contributed by atoms with van der Waals surface area (Å²) >= 11 is 0. The molecule has 2 heterocycles. The lowest BCUT2D eigenvalue weighted by Gasteiger charge is -2.17. The zero-order valence-electron chi connectivity index (χ0n) is 16.0. The third-order valence-electron chi connectivity index (χ3n) is 4.59. The van der Waals surface area contributed by atoms with Gasteiger partial charge in [-0.05, 0) is 24.1 Å². The highest BCUT2D eigenvalue weighted by atomic mass is 16.5. The van der Waals surface area contributed by atoms with Crippen LogP contribution >= 0.6 is 0 Å². The highest BCUT2D eigenvalue weighted by molar-refractivity contribution is 5.93. The van der Waals surface area contributed by atoms with Crippen molar-refractivity contribution in [2.24, 2.45) is 14.1 Å². The van der Waals surface area contributed by atoms with E-state index in [4.69, 9.17) is 9.47 Å². The van der Waals surface area contributed by atoms with Crippen molar-refractivity contribution in [3.05, 3.63) is 50.8 Å². The number of rotatable bonds is 5. The molecular weight excluding hydrogens is 348 g/mol. The van der Waals surface area contributed by atoms with Crippen molar-refractivity contribution in [1.29, 1.82) is 0 Å². The van der Waals surface area contributed by atoms with Gasteiger partial charge in [0.2, 0.25) is 0 Å². The minimum absolute atomic E-state index is 0.324. The standard InChI is InChI=1S/C19H22N4O4/c1-6-11-10-20-17-15(18(24)23(3)19(25)22(17)2)16(11)21-13-9-12(26-4)7-8-14(13)27-5/h7-10H,6H2,1-5H3,(H,20,21). The third-order valence-corrected chi connectivity index (χ3v) is 4.59. The fourth-order valence-electron chi connectivity index (χ4n) is 3.02. The van der Waals surface area contributed by atoms with Gasteiger partial charge < -0.3 is 14.8 Å². The summed E-state index contributed by atoms with van der Waals surface area (Å²) < 4.78 is 13.2. The van der Waals surface area contributed by atoms with Gasteiger partial charge in [-0.1, -0.05) is 6.92 Å². The molecule has 0 aliphatic heterocycles. The maximum atomic E-state index is 12.9. The molecule has 8 nitrogen and oxygen atoms in total. The largest absolute Gasteiger partial charge is 0.497 e. The van der Waals surface area contributed by atoms with Crippen LogP contribution in [0.5, 0.6) is 11.5 Å². The van der Waals surface area contributed by atoms with E-state index in [1.165, 1.54) is 11.6 Å². The predicted molar refractivity (Wildman–Crippen MR) is 104 cm³/mol. The number of fused-ring (bicyclic) bond motifs is 1.